The highest BCUT2D eigenvalue weighted by Gasteiger charge is 2.07. The Hall–Kier alpha value is -2.70. The fraction of sp³-hybridized carbons (Fsp3) is 0.656. The van der Waals surface area contributed by atoms with Crippen molar-refractivity contribution in [1.82, 2.24) is 9.55 Å². The maximum Gasteiger partial charge on any atom is 0.333 e. The van der Waals surface area contributed by atoms with Crippen LogP contribution in [0.4, 0.5) is 10.1 Å². The van der Waals surface area contributed by atoms with Crippen LogP contribution in [0.5, 0.6) is 0 Å². The summed E-state index contributed by atoms with van der Waals surface area (Å²) in [6.07, 6.45) is 26.5. The van der Waals surface area contributed by atoms with Crippen LogP contribution < -0.4 is 16.6 Å². The number of hydrogen-bond acceptors (Lipinski definition) is 3. The molecule has 1 heterocycles. The fourth-order valence-electron chi connectivity index (χ4n) is 4.93. The van der Waals surface area contributed by atoms with Crippen molar-refractivity contribution in [3.8, 4) is 5.69 Å². The molecule has 1 aromatic carbocycles. The van der Waals surface area contributed by atoms with Gasteiger partial charge in [0.15, 0.2) is 0 Å². The number of unbranched alkanes of at least 4 members (excludes halogenated alkanes) is 18. The second kappa shape index (κ2) is 20.2. The van der Waals surface area contributed by atoms with Crippen LogP contribution in [0.2, 0.25) is 0 Å². The Morgan fingerprint density at radius 2 is 1.15 bits per heavy atom. The molecule has 0 fully saturated rings. The minimum atomic E-state index is -1.05. The number of rotatable bonds is 22. The molecule has 2 N–H and O–H groups in total. The summed E-state index contributed by atoms with van der Waals surface area (Å²) in [4.78, 5) is 37.2. The number of carbonyl (C=O) groups is 1. The molecular weight excluding hydrogens is 493 g/mol. The zero-order valence-corrected chi connectivity index (χ0v) is 24.1. The van der Waals surface area contributed by atoms with E-state index in [1.807, 2.05) is 4.98 Å². The van der Waals surface area contributed by atoms with Crippen LogP contribution in [0.3, 0.4) is 0 Å². The molecular formula is C32H50FN3O3. The van der Waals surface area contributed by atoms with Gasteiger partial charge in [0, 0.05) is 12.1 Å². The first-order valence-corrected chi connectivity index (χ1v) is 15.4. The number of hydrogen-bond donors (Lipinski definition) is 2. The molecule has 0 atom stereocenters. The van der Waals surface area contributed by atoms with E-state index in [1.54, 1.807) is 24.3 Å². The third-order valence-electron chi connectivity index (χ3n) is 7.34. The molecule has 218 valence electrons. The molecule has 0 bridgehead atoms. The predicted molar refractivity (Wildman–Crippen MR) is 159 cm³/mol. The molecule has 0 aliphatic rings. The minimum Gasteiger partial charge on any atom is -0.326 e. The van der Waals surface area contributed by atoms with Crippen LogP contribution in [0.15, 0.2) is 40.1 Å². The quantitative estimate of drug-likeness (QED) is 0.146. The van der Waals surface area contributed by atoms with Gasteiger partial charge < -0.3 is 5.32 Å². The van der Waals surface area contributed by atoms with E-state index in [-0.39, 0.29) is 5.91 Å². The van der Waals surface area contributed by atoms with Gasteiger partial charge in [0.25, 0.3) is 5.56 Å². The Morgan fingerprint density at radius 3 is 1.62 bits per heavy atom. The summed E-state index contributed by atoms with van der Waals surface area (Å²) in [5, 5.41) is 2.86. The summed E-state index contributed by atoms with van der Waals surface area (Å²) in [5.41, 5.74) is -0.760. The molecule has 0 aliphatic heterocycles. The number of aromatic amines is 1. The van der Waals surface area contributed by atoms with Gasteiger partial charge in [-0.2, -0.15) is 4.39 Å². The maximum atomic E-state index is 13.5. The summed E-state index contributed by atoms with van der Waals surface area (Å²) in [5.74, 6) is -1.08. The molecule has 0 saturated carbocycles. The number of halogens is 1. The number of H-pyrrole nitrogens is 1. The maximum absolute atomic E-state index is 13.5. The van der Waals surface area contributed by atoms with Crippen LogP contribution in [-0.4, -0.2) is 15.5 Å². The number of nitrogens with one attached hydrogen (secondary N) is 2. The van der Waals surface area contributed by atoms with Gasteiger partial charge in [-0.1, -0.05) is 122 Å². The number of carbonyl (C=O) groups excluding carboxylic acids is 1. The van der Waals surface area contributed by atoms with Crippen LogP contribution in [0, 0.1) is 5.82 Å². The molecule has 0 unspecified atom stereocenters. The topological polar surface area (TPSA) is 84.0 Å². The lowest BCUT2D eigenvalue weighted by Crippen LogP contribution is -2.30. The molecule has 2 aromatic rings. The van der Waals surface area contributed by atoms with E-state index < -0.39 is 17.1 Å². The van der Waals surface area contributed by atoms with Crippen molar-refractivity contribution < 1.29 is 9.18 Å². The SMILES string of the molecule is CCCCCCCCCCCCCCCCCCCCCC(=O)Nc1ccc(-n2cc(F)c(=O)[nH]c2=O)cc1. The first kappa shape index (κ1) is 32.5. The smallest absolute Gasteiger partial charge is 0.326 e. The van der Waals surface area contributed by atoms with Gasteiger partial charge in [-0.25, -0.2) is 4.79 Å². The van der Waals surface area contributed by atoms with Crippen LogP contribution >= 0.6 is 0 Å². The van der Waals surface area contributed by atoms with Crippen LogP contribution in [0.25, 0.3) is 5.69 Å². The third kappa shape index (κ3) is 14.3. The minimum absolute atomic E-state index is 0.0398. The van der Waals surface area contributed by atoms with Crippen molar-refractivity contribution in [1.29, 1.82) is 0 Å². The number of amides is 1. The molecule has 0 aliphatic carbocycles. The molecule has 1 amide bonds. The second-order valence-corrected chi connectivity index (χ2v) is 10.8. The second-order valence-electron chi connectivity index (χ2n) is 10.8. The van der Waals surface area contributed by atoms with Gasteiger partial charge in [0.05, 0.1) is 11.9 Å². The lowest BCUT2D eigenvalue weighted by molar-refractivity contribution is -0.116. The molecule has 7 heteroatoms. The van der Waals surface area contributed by atoms with E-state index in [0.717, 1.165) is 23.6 Å². The van der Waals surface area contributed by atoms with Crippen molar-refractivity contribution in [2.24, 2.45) is 0 Å². The summed E-state index contributed by atoms with van der Waals surface area (Å²) in [7, 11) is 0. The van der Waals surface area contributed by atoms with Gasteiger partial charge >= 0.3 is 5.69 Å². The van der Waals surface area contributed by atoms with Gasteiger partial charge in [-0.3, -0.25) is 19.1 Å². The Bertz CT molecular complexity index is 1050. The average Bonchev–Trinajstić information content (AvgIpc) is 2.92. The highest BCUT2D eigenvalue weighted by molar-refractivity contribution is 5.90. The van der Waals surface area contributed by atoms with E-state index in [0.29, 0.717) is 17.8 Å². The van der Waals surface area contributed by atoms with E-state index in [1.165, 1.54) is 109 Å². The number of aromatic nitrogens is 2. The van der Waals surface area contributed by atoms with Crippen LogP contribution in [-0.2, 0) is 4.79 Å². The van der Waals surface area contributed by atoms with Crippen molar-refractivity contribution >= 4 is 11.6 Å². The molecule has 0 saturated heterocycles. The Kier molecular flexibility index (Phi) is 16.9. The molecule has 1 aromatic heterocycles. The summed E-state index contributed by atoms with van der Waals surface area (Å²) in [6, 6.07) is 6.48. The molecule has 0 radical (unpaired) electrons. The summed E-state index contributed by atoms with van der Waals surface area (Å²) >= 11 is 0. The number of benzene rings is 1. The van der Waals surface area contributed by atoms with Gasteiger partial charge in [-0.15, -0.1) is 0 Å². The third-order valence-corrected chi connectivity index (χ3v) is 7.34. The highest BCUT2D eigenvalue weighted by Crippen LogP contribution is 2.16. The van der Waals surface area contributed by atoms with Gasteiger partial charge in [0.1, 0.15) is 0 Å². The van der Waals surface area contributed by atoms with Crippen molar-refractivity contribution in [3.05, 3.63) is 57.1 Å². The molecule has 0 spiro atoms. The number of anilines is 1. The van der Waals surface area contributed by atoms with Crippen molar-refractivity contribution in [3.63, 3.8) is 0 Å². The Labute approximate surface area is 233 Å². The van der Waals surface area contributed by atoms with Gasteiger partial charge in [0.2, 0.25) is 11.7 Å². The first-order valence-electron chi connectivity index (χ1n) is 15.4. The molecule has 2 rings (SSSR count). The lowest BCUT2D eigenvalue weighted by atomic mass is 10.0. The monoisotopic (exact) mass is 543 g/mol. The van der Waals surface area contributed by atoms with E-state index in [2.05, 4.69) is 12.2 Å². The van der Waals surface area contributed by atoms with Crippen molar-refractivity contribution in [2.75, 3.05) is 5.32 Å². The van der Waals surface area contributed by atoms with Gasteiger partial charge in [-0.05, 0) is 30.7 Å². The largest absolute Gasteiger partial charge is 0.333 e. The van der Waals surface area contributed by atoms with E-state index in [9.17, 15) is 18.8 Å². The average molecular weight is 544 g/mol. The Balaban J connectivity index is 1.41. The zero-order valence-electron chi connectivity index (χ0n) is 24.1. The number of nitrogens with zero attached hydrogens (tertiary/aromatic N) is 1. The Morgan fingerprint density at radius 1 is 0.718 bits per heavy atom. The fourth-order valence-corrected chi connectivity index (χ4v) is 4.93. The van der Waals surface area contributed by atoms with Crippen LogP contribution in [0.1, 0.15) is 135 Å². The summed E-state index contributed by atoms with van der Waals surface area (Å²) in [6.45, 7) is 2.27. The molecule has 39 heavy (non-hydrogen) atoms. The molecule has 6 nitrogen and oxygen atoms in total. The normalized spacial score (nSPS) is 11.1. The lowest BCUT2D eigenvalue weighted by Gasteiger charge is -2.08. The first-order chi connectivity index (χ1) is 19.0. The standard InChI is InChI=1S/C32H50FN3O3/c1-2-3-4-5-6-7-8-9-10-11-12-13-14-15-16-17-18-19-20-21-30(37)34-27-22-24-28(25-23-27)36-26-29(33)31(38)35-32(36)39/h22-26H,2-21H2,1H3,(H,34,37)(H,35,38,39). The van der Waals surface area contributed by atoms with E-state index in [4.69, 9.17) is 0 Å². The zero-order chi connectivity index (χ0) is 28.1. The van der Waals surface area contributed by atoms with Crippen molar-refractivity contribution in [2.45, 2.75) is 135 Å². The summed E-state index contributed by atoms with van der Waals surface area (Å²) < 4.78 is 14.5. The van der Waals surface area contributed by atoms with E-state index >= 15 is 0 Å². The highest BCUT2D eigenvalue weighted by atomic mass is 19.1. The predicted octanol–water partition coefficient (Wildman–Crippen LogP) is 8.43.